The van der Waals surface area contributed by atoms with E-state index in [0.717, 1.165) is 5.56 Å². The zero-order valence-electron chi connectivity index (χ0n) is 11.1. The van der Waals surface area contributed by atoms with E-state index in [-0.39, 0.29) is 18.6 Å². The molecule has 1 fully saturated rings. The molecule has 0 aromatic heterocycles. The molecule has 0 amide bonds. The van der Waals surface area contributed by atoms with Crippen molar-refractivity contribution in [1.82, 2.24) is 0 Å². The maximum atomic E-state index is 11.0. The van der Waals surface area contributed by atoms with Gasteiger partial charge in [-0.05, 0) is 11.5 Å². The van der Waals surface area contributed by atoms with Gasteiger partial charge in [-0.25, -0.2) is 4.79 Å². The Morgan fingerprint density at radius 3 is 2.58 bits per heavy atom. The highest BCUT2D eigenvalue weighted by molar-refractivity contribution is 5.61. The highest BCUT2D eigenvalue weighted by atomic mass is 16.8. The van der Waals surface area contributed by atoms with E-state index in [2.05, 4.69) is 6.07 Å². The third-order valence-electron chi connectivity index (χ3n) is 3.67. The Bertz CT molecular complexity index is 492. The maximum Gasteiger partial charge on any atom is 0.508 e. The van der Waals surface area contributed by atoms with Crippen LogP contribution in [0.25, 0.3) is 0 Å². The second kappa shape index (κ2) is 5.31. The van der Waals surface area contributed by atoms with Gasteiger partial charge in [0.05, 0.1) is 11.5 Å². The highest BCUT2D eigenvalue weighted by Crippen LogP contribution is 2.37. The van der Waals surface area contributed by atoms with Gasteiger partial charge < -0.3 is 9.47 Å². The lowest BCUT2D eigenvalue weighted by Crippen LogP contribution is -2.35. The van der Waals surface area contributed by atoms with Gasteiger partial charge in [0.25, 0.3) is 0 Å². The number of hydrogen-bond donors (Lipinski definition) is 0. The lowest BCUT2D eigenvalue weighted by molar-refractivity contribution is 0.107. The molecule has 1 aromatic carbocycles. The van der Waals surface area contributed by atoms with Crippen LogP contribution in [0.15, 0.2) is 30.3 Å². The minimum atomic E-state index is -0.667. The largest absolute Gasteiger partial charge is 0.508 e. The number of carbonyl (C=O) groups excluding carboxylic acids is 1. The van der Waals surface area contributed by atoms with Crippen LogP contribution in [0.5, 0.6) is 0 Å². The van der Waals surface area contributed by atoms with Crippen molar-refractivity contribution in [1.29, 1.82) is 5.26 Å². The monoisotopic (exact) mass is 259 g/mol. The number of nitriles is 1. The lowest BCUT2D eigenvalue weighted by atomic mass is 9.69. The SMILES string of the molecule is CC(C)[C@@](C#N)(C[C@@H]1COC(=O)O1)c1ccccc1. The number of ether oxygens (including phenoxy) is 2. The third kappa shape index (κ3) is 2.55. The molecule has 0 saturated carbocycles. The molecule has 2 rings (SSSR count). The highest BCUT2D eigenvalue weighted by Gasteiger charge is 2.41. The summed E-state index contributed by atoms with van der Waals surface area (Å²) in [5.41, 5.74) is 0.287. The van der Waals surface area contributed by atoms with Crippen LogP contribution in [0.1, 0.15) is 25.8 Å². The van der Waals surface area contributed by atoms with Gasteiger partial charge in [-0.1, -0.05) is 44.2 Å². The van der Waals surface area contributed by atoms with E-state index in [1.165, 1.54) is 0 Å². The zero-order chi connectivity index (χ0) is 13.9. The number of carbonyl (C=O) groups is 1. The molecule has 0 unspecified atom stereocenters. The summed E-state index contributed by atoms with van der Waals surface area (Å²) >= 11 is 0. The van der Waals surface area contributed by atoms with E-state index in [9.17, 15) is 10.1 Å². The summed E-state index contributed by atoms with van der Waals surface area (Å²) < 4.78 is 9.88. The van der Waals surface area contributed by atoms with Crippen molar-refractivity contribution < 1.29 is 14.3 Å². The van der Waals surface area contributed by atoms with Gasteiger partial charge >= 0.3 is 6.16 Å². The molecule has 0 aliphatic carbocycles. The fourth-order valence-corrected chi connectivity index (χ4v) is 2.49. The van der Waals surface area contributed by atoms with Crippen LogP contribution in [0.2, 0.25) is 0 Å². The van der Waals surface area contributed by atoms with Crippen LogP contribution in [0.3, 0.4) is 0 Å². The summed E-state index contributed by atoms with van der Waals surface area (Å²) in [5, 5.41) is 9.70. The molecule has 0 N–H and O–H groups in total. The smallest absolute Gasteiger partial charge is 0.430 e. The van der Waals surface area contributed by atoms with Crippen LogP contribution in [-0.2, 0) is 14.9 Å². The van der Waals surface area contributed by atoms with Crippen molar-refractivity contribution in [3.8, 4) is 6.07 Å². The van der Waals surface area contributed by atoms with E-state index in [0.29, 0.717) is 6.42 Å². The topological polar surface area (TPSA) is 59.3 Å². The van der Waals surface area contributed by atoms with Crippen LogP contribution >= 0.6 is 0 Å². The molecule has 1 aliphatic heterocycles. The van der Waals surface area contributed by atoms with Crippen molar-refractivity contribution in [2.45, 2.75) is 31.8 Å². The molecule has 0 bridgehead atoms. The quantitative estimate of drug-likeness (QED) is 0.780. The van der Waals surface area contributed by atoms with Crippen molar-refractivity contribution >= 4 is 6.16 Å². The molecular weight excluding hydrogens is 242 g/mol. The van der Waals surface area contributed by atoms with Crippen LogP contribution in [0.4, 0.5) is 4.79 Å². The number of cyclic esters (lactones) is 2. The predicted octanol–water partition coefficient (Wildman–Crippen LogP) is 3.03. The first-order chi connectivity index (χ1) is 9.08. The Labute approximate surface area is 112 Å². The molecule has 4 nitrogen and oxygen atoms in total. The number of benzene rings is 1. The fraction of sp³-hybridized carbons (Fsp3) is 0.467. The molecule has 4 heteroatoms. The summed E-state index contributed by atoms with van der Waals surface area (Å²) in [4.78, 5) is 11.0. The molecule has 2 atom stereocenters. The Morgan fingerprint density at radius 2 is 2.11 bits per heavy atom. The van der Waals surface area contributed by atoms with Crippen molar-refractivity contribution in [3.63, 3.8) is 0 Å². The Hall–Kier alpha value is -2.02. The minimum absolute atomic E-state index is 0.110. The molecule has 1 heterocycles. The van der Waals surface area contributed by atoms with Crippen molar-refractivity contribution in [2.75, 3.05) is 6.61 Å². The Morgan fingerprint density at radius 1 is 1.42 bits per heavy atom. The summed E-state index contributed by atoms with van der Waals surface area (Å²) in [5.74, 6) is 0.110. The number of rotatable bonds is 4. The normalized spacial score (nSPS) is 21.4. The summed E-state index contributed by atoms with van der Waals surface area (Å²) in [6.07, 6.45) is -0.542. The zero-order valence-corrected chi connectivity index (χ0v) is 11.1. The predicted molar refractivity (Wildman–Crippen MR) is 69.4 cm³/mol. The molecule has 100 valence electrons. The van der Waals surface area contributed by atoms with E-state index < -0.39 is 11.6 Å². The summed E-state index contributed by atoms with van der Waals surface area (Å²) in [7, 11) is 0. The van der Waals surface area contributed by atoms with E-state index >= 15 is 0 Å². The molecular formula is C15H17NO3. The van der Waals surface area contributed by atoms with Gasteiger partial charge in [0.15, 0.2) is 0 Å². The first-order valence-electron chi connectivity index (χ1n) is 6.38. The Balaban J connectivity index is 2.30. The first-order valence-corrected chi connectivity index (χ1v) is 6.38. The third-order valence-corrected chi connectivity index (χ3v) is 3.67. The van der Waals surface area contributed by atoms with Gasteiger partial charge in [0, 0.05) is 6.42 Å². The molecule has 1 aromatic rings. The van der Waals surface area contributed by atoms with Gasteiger partial charge in [0.1, 0.15) is 12.7 Å². The van der Waals surface area contributed by atoms with Crippen LogP contribution < -0.4 is 0 Å². The summed E-state index contributed by atoms with van der Waals surface area (Å²) in [6, 6.07) is 12.1. The fourth-order valence-electron chi connectivity index (χ4n) is 2.49. The van der Waals surface area contributed by atoms with E-state index in [4.69, 9.17) is 9.47 Å². The first kappa shape index (κ1) is 13.4. The number of hydrogen-bond acceptors (Lipinski definition) is 4. The standard InChI is InChI=1S/C15H17NO3/c1-11(2)15(10-16,12-6-4-3-5-7-12)8-13-9-18-14(17)19-13/h3-7,11,13H,8-9H2,1-2H3/t13-,15+/m1/s1. The van der Waals surface area contributed by atoms with Crippen molar-refractivity contribution in [3.05, 3.63) is 35.9 Å². The average Bonchev–Trinajstić information content (AvgIpc) is 2.82. The molecule has 1 aliphatic rings. The van der Waals surface area contributed by atoms with Crippen LogP contribution in [-0.4, -0.2) is 18.9 Å². The average molecular weight is 259 g/mol. The van der Waals surface area contributed by atoms with E-state index in [1.54, 1.807) is 0 Å². The second-order valence-corrected chi connectivity index (χ2v) is 5.11. The summed E-state index contributed by atoms with van der Waals surface area (Å²) in [6.45, 7) is 4.24. The second-order valence-electron chi connectivity index (χ2n) is 5.11. The molecule has 19 heavy (non-hydrogen) atoms. The van der Waals surface area contributed by atoms with Gasteiger partial charge in [-0.2, -0.15) is 5.26 Å². The lowest BCUT2D eigenvalue weighted by Gasteiger charge is -2.32. The molecule has 0 radical (unpaired) electrons. The van der Waals surface area contributed by atoms with Crippen molar-refractivity contribution in [2.24, 2.45) is 5.92 Å². The van der Waals surface area contributed by atoms with Gasteiger partial charge in [-0.15, -0.1) is 0 Å². The van der Waals surface area contributed by atoms with Crippen LogP contribution in [0, 0.1) is 17.2 Å². The maximum absolute atomic E-state index is 11.0. The van der Waals surface area contributed by atoms with Gasteiger partial charge in [0.2, 0.25) is 0 Å². The molecule has 1 saturated heterocycles. The Kier molecular flexibility index (Phi) is 3.75. The van der Waals surface area contributed by atoms with E-state index in [1.807, 2.05) is 44.2 Å². The minimum Gasteiger partial charge on any atom is -0.430 e. The van der Waals surface area contributed by atoms with Gasteiger partial charge in [-0.3, -0.25) is 0 Å². The molecule has 0 spiro atoms. The number of nitrogens with zero attached hydrogens (tertiary/aromatic N) is 1.